The Balaban J connectivity index is 0.00000169. The average Bonchev–Trinajstić information content (AvgIpc) is 2.59. The lowest BCUT2D eigenvalue weighted by atomic mass is 9.81. The number of halogens is 3. The molecule has 0 spiro atoms. The molecule has 0 atom stereocenters. The predicted octanol–water partition coefficient (Wildman–Crippen LogP) is 3.41. The van der Waals surface area contributed by atoms with E-state index in [2.05, 4.69) is 10.2 Å². The summed E-state index contributed by atoms with van der Waals surface area (Å²) in [5.41, 5.74) is 6.79. The first-order valence-electron chi connectivity index (χ1n) is 9.12. The van der Waals surface area contributed by atoms with Crippen molar-refractivity contribution in [2.24, 2.45) is 5.73 Å². The molecule has 1 amide bonds. The Hall–Kier alpha value is -0.880. The lowest BCUT2D eigenvalue weighted by molar-refractivity contribution is -0.128. The van der Waals surface area contributed by atoms with Crippen LogP contribution in [0.5, 0.6) is 0 Å². The van der Waals surface area contributed by atoms with Crippen molar-refractivity contribution in [2.45, 2.75) is 63.1 Å². The number of hydrogen-bond acceptors (Lipinski definition) is 3. The number of nitrogens with two attached hydrogens (primary N) is 1. The van der Waals surface area contributed by atoms with E-state index >= 15 is 0 Å². The summed E-state index contributed by atoms with van der Waals surface area (Å²) in [6.45, 7) is 2.72. The fraction of sp³-hybridized carbons (Fsp3) is 0.632. The first-order valence-corrected chi connectivity index (χ1v) is 9.12. The van der Waals surface area contributed by atoms with Gasteiger partial charge in [-0.25, -0.2) is 4.39 Å². The molecule has 2 aliphatic rings. The molecule has 148 valence electrons. The van der Waals surface area contributed by atoms with Gasteiger partial charge in [-0.15, -0.1) is 24.8 Å². The van der Waals surface area contributed by atoms with E-state index in [-0.39, 0.29) is 42.6 Å². The summed E-state index contributed by atoms with van der Waals surface area (Å²) >= 11 is 0. The van der Waals surface area contributed by atoms with E-state index in [1.165, 1.54) is 18.6 Å². The minimum atomic E-state index is -0.649. The Morgan fingerprint density at radius 2 is 1.69 bits per heavy atom. The van der Waals surface area contributed by atoms with Crippen LogP contribution in [-0.4, -0.2) is 35.5 Å². The molecule has 1 heterocycles. The van der Waals surface area contributed by atoms with Gasteiger partial charge in [0.2, 0.25) is 5.91 Å². The lowest BCUT2D eigenvalue weighted by Gasteiger charge is -2.36. The zero-order chi connectivity index (χ0) is 17.0. The molecule has 0 aromatic heterocycles. The fourth-order valence-corrected chi connectivity index (χ4v) is 3.82. The summed E-state index contributed by atoms with van der Waals surface area (Å²) in [7, 11) is 0. The van der Waals surface area contributed by atoms with Crippen LogP contribution in [0.1, 0.15) is 50.5 Å². The molecule has 3 rings (SSSR count). The van der Waals surface area contributed by atoms with Crippen molar-refractivity contribution in [3.63, 3.8) is 0 Å². The molecule has 7 heteroatoms. The Morgan fingerprint density at radius 1 is 1.12 bits per heavy atom. The van der Waals surface area contributed by atoms with Gasteiger partial charge in [0.25, 0.3) is 0 Å². The van der Waals surface area contributed by atoms with Crippen LogP contribution in [0.25, 0.3) is 0 Å². The van der Waals surface area contributed by atoms with Crippen LogP contribution in [0.15, 0.2) is 24.3 Å². The maximum atomic E-state index is 13.0. The lowest BCUT2D eigenvalue weighted by Crippen LogP contribution is -2.58. The van der Waals surface area contributed by atoms with Crippen LogP contribution < -0.4 is 11.1 Å². The second-order valence-corrected chi connectivity index (χ2v) is 7.37. The molecule has 2 fully saturated rings. The van der Waals surface area contributed by atoms with Crippen molar-refractivity contribution < 1.29 is 9.18 Å². The van der Waals surface area contributed by atoms with E-state index in [0.29, 0.717) is 0 Å². The van der Waals surface area contributed by atoms with Crippen LogP contribution in [0, 0.1) is 5.82 Å². The highest BCUT2D eigenvalue weighted by molar-refractivity contribution is 5.86. The third-order valence-electron chi connectivity index (χ3n) is 5.44. The first-order chi connectivity index (χ1) is 11.5. The van der Waals surface area contributed by atoms with Gasteiger partial charge in [-0.2, -0.15) is 0 Å². The normalized spacial score (nSPS) is 20.5. The Bertz CT molecular complexity index is 556. The van der Waals surface area contributed by atoms with Crippen LogP contribution in [0.3, 0.4) is 0 Å². The summed E-state index contributed by atoms with van der Waals surface area (Å²) in [5, 5.41) is 3.18. The smallest absolute Gasteiger partial charge is 0.240 e. The highest BCUT2D eigenvalue weighted by Crippen LogP contribution is 2.26. The second-order valence-electron chi connectivity index (χ2n) is 7.37. The molecule has 3 N–H and O–H groups in total. The monoisotopic (exact) mass is 405 g/mol. The van der Waals surface area contributed by atoms with Gasteiger partial charge < -0.3 is 11.1 Å². The maximum absolute atomic E-state index is 13.0. The van der Waals surface area contributed by atoms with Gasteiger partial charge in [0.05, 0.1) is 5.54 Å². The number of piperidine rings is 1. The van der Waals surface area contributed by atoms with E-state index < -0.39 is 5.54 Å². The van der Waals surface area contributed by atoms with Gasteiger partial charge in [-0.05, 0) is 43.4 Å². The predicted molar refractivity (Wildman–Crippen MR) is 107 cm³/mol. The summed E-state index contributed by atoms with van der Waals surface area (Å²) < 4.78 is 13.0. The van der Waals surface area contributed by atoms with E-state index in [4.69, 9.17) is 5.73 Å². The number of carbonyl (C=O) groups excluding carboxylic acids is 1. The highest BCUT2D eigenvalue weighted by atomic mass is 35.5. The van der Waals surface area contributed by atoms with Gasteiger partial charge in [0.15, 0.2) is 0 Å². The van der Waals surface area contributed by atoms with E-state index in [0.717, 1.165) is 63.7 Å². The minimum Gasteiger partial charge on any atom is -0.352 e. The van der Waals surface area contributed by atoms with Crippen LogP contribution >= 0.6 is 24.8 Å². The standard InChI is InChI=1S/C19H28FN3O.2ClH/c20-16-6-4-15(5-7-16)14-23-12-8-17(9-13-23)22-18(24)19(21)10-2-1-3-11-19;;/h4-7,17H,1-3,8-14,21H2,(H,22,24);2*1H. The maximum Gasteiger partial charge on any atom is 0.240 e. The Labute approximate surface area is 167 Å². The van der Waals surface area contributed by atoms with Crippen LogP contribution in [-0.2, 0) is 11.3 Å². The van der Waals surface area contributed by atoms with Gasteiger partial charge in [-0.3, -0.25) is 9.69 Å². The SMILES string of the molecule is Cl.Cl.NC1(C(=O)NC2CCN(Cc3ccc(F)cc3)CC2)CCCCC1. The zero-order valence-electron chi connectivity index (χ0n) is 15.1. The van der Waals surface area contributed by atoms with Gasteiger partial charge in [0, 0.05) is 25.7 Å². The summed E-state index contributed by atoms with van der Waals surface area (Å²) in [5.74, 6) is -0.155. The van der Waals surface area contributed by atoms with Crippen molar-refractivity contribution in [1.29, 1.82) is 0 Å². The molecule has 26 heavy (non-hydrogen) atoms. The van der Waals surface area contributed by atoms with Crippen LogP contribution in [0.4, 0.5) is 4.39 Å². The molecule has 1 aromatic rings. The minimum absolute atomic E-state index is 0. The molecule has 4 nitrogen and oxygen atoms in total. The second kappa shape index (κ2) is 10.5. The third kappa shape index (κ3) is 6.08. The first kappa shape index (κ1) is 23.2. The van der Waals surface area contributed by atoms with Crippen molar-refractivity contribution >= 4 is 30.7 Å². The largest absolute Gasteiger partial charge is 0.352 e. The summed E-state index contributed by atoms with van der Waals surface area (Å²) in [6.07, 6.45) is 6.81. The average molecular weight is 406 g/mol. The molecule has 0 unspecified atom stereocenters. The van der Waals surface area contributed by atoms with Crippen molar-refractivity contribution in [3.8, 4) is 0 Å². The molecule has 1 aromatic carbocycles. The molecule has 1 saturated heterocycles. The van der Waals surface area contributed by atoms with Gasteiger partial charge >= 0.3 is 0 Å². The summed E-state index contributed by atoms with van der Waals surface area (Å²) in [6, 6.07) is 6.92. The number of rotatable bonds is 4. The van der Waals surface area contributed by atoms with Crippen molar-refractivity contribution in [2.75, 3.05) is 13.1 Å². The van der Waals surface area contributed by atoms with Crippen molar-refractivity contribution in [1.82, 2.24) is 10.2 Å². The number of likely N-dealkylation sites (tertiary alicyclic amines) is 1. The number of nitrogens with one attached hydrogen (secondary N) is 1. The summed E-state index contributed by atoms with van der Waals surface area (Å²) in [4.78, 5) is 14.9. The molecule has 1 aliphatic heterocycles. The van der Waals surface area contributed by atoms with Crippen molar-refractivity contribution in [3.05, 3.63) is 35.6 Å². The molecule has 0 radical (unpaired) electrons. The Kier molecular flexibility index (Phi) is 9.31. The molecular weight excluding hydrogens is 376 g/mol. The number of carbonyl (C=O) groups is 1. The Morgan fingerprint density at radius 3 is 2.27 bits per heavy atom. The number of hydrogen-bond donors (Lipinski definition) is 2. The van der Waals surface area contributed by atoms with E-state index in [1.54, 1.807) is 0 Å². The van der Waals surface area contributed by atoms with E-state index in [1.807, 2.05) is 12.1 Å². The molecule has 1 aliphatic carbocycles. The number of nitrogens with zero attached hydrogens (tertiary/aromatic N) is 1. The molecular formula is C19H30Cl2FN3O. The zero-order valence-corrected chi connectivity index (χ0v) is 16.7. The van der Waals surface area contributed by atoms with Gasteiger partial charge in [0.1, 0.15) is 5.82 Å². The van der Waals surface area contributed by atoms with Crippen LogP contribution in [0.2, 0.25) is 0 Å². The number of amides is 1. The molecule has 1 saturated carbocycles. The number of benzene rings is 1. The topological polar surface area (TPSA) is 58.4 Å². The molecule has 0 bridgehead atoms. The fourth-order valence-electron chi connectivity index (χ4n) is 3.82. The van der Waals surface area contributed by atoms with Gasteiger partial charge in [-0.1, -0.05) is 31.4 Å². The quantitative estimate of drug-likeness (QED) is 0.806. The van der Waals surface area contributed by atoms with E-state index in [9.17, 15) is 9.18 Å². The highest BCUT2D eigenvalue weighted by Gasteiger charge is 2.36. The third-order valence-corrected chi connectivity index (χ3v) is 5.44.